The predicted molar refractivity (Wildman–Crippen MR) is 52.8 cm³/mol. The first kappa shape index (κ1) is 12.9. The minimum absolute atomic E-state index is 0.194. The summed E-state index contributed by atoms with van der Waals surface area (Å²) in [5.41, 5.74) is -0.742. The molecule has 13 heavy (non-hydrogen) atoms. The average Bonchev–Trinajstić information content (AvgIpc) is 2.10. The summed E-state index contributed by atoms with van der Waals surface area (Å²) in [5, 5.41) is 9.96. The lowest BCUT2D eigenvalue weighted by Gasteiger charge is -2.29. The van der Waals surface area contributed by atoms with Crippen LogP contribution in [0.25, 0.3) is 0 Å². The zero-order chi connectivity index (χ0) is 10.3. The minimum Gasteiger partial charge on any atom is -0.387 e. The highest BCUT2D eigenvalue weighted by molar-refractivity contribution is 4.78. The van der Waals surface area contributed by atoms with Crippen LogP contribution in [0.1, 0.15) is 27.2 Å². The van der Waals surface area contributed by atoms with Crippen molar-refractivity contribution in [2.75, 3.05) is 26.9 Å². The normalized spacial score (nSPS) is 18.2. The Bertz CT molecular complexity index is 123. The summed E-state index contributed by atoms with van der Waals surface area (Å²) in [5.74, 6) is 0.194. The van der Waals surface area contributed by atoms with Gasteiger partial charge in [0.05, 0.1) is 12.2 Å². The van der Waals surface area contributed by atoms with Gasteiger partial charge in [-0.1, -0.05) is 6.92 Å². The molecule has 0 spiro atoms. The van der Waals surface area contributed by atoms with E-state index >= 15 is 0 Å². The van der Waals surface area contributed by atoms with Crippen LogP contribution in [-0.2, 0) is 9.47 Å². The van der Waals surface area contributed by atoms with Gasteiger partial charge >= 0.3 is 0 Å². The molecule has 3 heteroatoms. The second kappa shape index (κ2) is 6.35. The number of aliphatic hydroxyl groups is 1. The third kappa shape index (κ3) is 5.24. The molecule has 0 aliphatic rings. The molecule has 2 atom stereocenters. The largest absolute Gasteiger partial charge is 0.387 e. The van der Waals surface area contributed by atoms with E-state index in [1.165, 1.54) is 0 Å². The summed E-state index contributed by atoms with van der Waals surface area (Å²) in [6.07, 6.45) is 0.858. The monoisotopic (exact) mass is 190 g/mol. The van der Waals surface area contributed by atoms with Gasteiger partial charge in [0.2, 0.25) is 0 Å². The van der Waals surface area contributed by atoms with Crippen molar-refractivity contribution < 1.29 is 14.6 Å². The Morgan fingerprint density at radius 2 is 2.08 bits per heavy atom. The van der Waals surface area contributed by atoms with Gasteiger partial charge in [-0.05, 0) is 26.2 Å². The van der Waals surface area contributed by atoms with E-state index in [1.807, 2.05) is 20.8 Å². The van der Waals surface area contributed by atoms with Crippen LogP contribution >= 0.6 is 0 Å². The molecule has 0 saturated heterocycles. The van der Waals surface area contributed by atoms with Crippen molar-refractivity contribution in [1.29, 1.82) is 0 Å². The second-order valence-corrected chi connectivity index (χ2v) is 3.68. The van der Waals surface area contributed by atoms with Crippen LogP contribution in [0.2, 0.25) is 0 Å². The van der Waals surface area contributed by atoms with E-state index in [0.29, 0.717) is 19.8 Å². The second-order valence-electron chi connectivity index (χ2n) is 3.68. The van der Waals surface area contributed by atoms with Crippen LogP contribution < -0.4 is 0 Å². The fraction of sp³-hybridized carbons (Fsp3) is 1.00. The zero-order valence-corrected chi connectivity index (χ0v) is 9.17. The van der Waals surface area contributed by atoms with Gasteiger partial charge in [-0.2, -0.15) is 0 Å². The lowest BCUT2D eigenvalue weighted by atomic mass is 9.89. The molecule has 3 nitrogen and oxygen atoms in total. The van der Waals surface area contributed by atoms with Crippen molar-refractivity contribution >= 4 is 0 Å². The lowest BCUT2D eigenvalue weighted by Crippen LogP contribution is -2.38. The predicted octanol–water partition coefficient (Wildman–Crippen LogP) is 1.45. The van der Waals surface area contributed by atoms with Crippen LogP contribution in [-0.4, -0.2) is 37.6 Å². The molecule has 0 amide bonds. The Morgan fingerprint density at radius 1 is 1.46 bits per heavy atom. The van der Waals surface area contributed by atoms with Gasteiger partial charge in [-0.25, -0.2) is 0 Å². The molecule has 0 fully saturated rings. The van der Waals surface area contributed by atoms with Crippen LogP contribution in [0.4, 0.5) is 0 Å². The van der Waals surface area contributed by atoms with Crippen molar-refractivity contribution in [3.05, 3.63) is 0 Å². The van der Waals surface area contributed by atoms with Crippen LogP contribution in [0.5, 0.6) is 0 Å². The van der Waals surface area contributed by atoms with Crippen LogP contribution in [0, 0.1) is 5.92 Å². The number of ether oxygens (including phenoxy) is 2. The summed E-state index contributed by atoms with van der Waals surface area (Å²) in [6.45, 7) is 7.47. The molecule has 0 heterocycles. The Labute approximate surface area is 81.0 Å². The summed E-state index contributed by atoms with van der Waals surface area (Å²) < 4.78 is 10.2. The first-order chi connectivity index (χ1) is 6.04. The van der Waals surface area contributed by atoms with Crippen molar-refractivity contribution in [1.82, 2.24) is 0 Å². The third-order valence-electron chi connectivity index (χ3n) is 2.42. The highest BCUT2D eigenvalue weighted by Gasteiger charge is 2.27. The molecule has 0 saturated carbocycles. The summed E-state index contributed by atoms with van der Waals surface area (Å²) in [4.78, 5) is 0. The molecule has 0 radical (unpaired) electrons. The molecule has 1 N–H and O–H groups in total. The van der Waals surface area contributed by atoms with Gasteiger partial charge in [0.1, 0.15) is 0 Å². The standard InChI is InChI=1S/C10H22O3/c1-5-13-8-10(3,11)9(2)6-7-12-4/h9,11H,5-8H2,1-4H3. The maximum Gasteiger partial charge on any atom is 0.0878 e. The van der Waals surface area contributed by atoms with Crippen molar-refractivity contribution in [3.63, 3.8) is 0 Å². The number of hydrogen-bond donors (Lipinski definition) is 1. The Balaban J connectivity index is 3.80. The molecule has 0 aliphatic heterocycles. The van der Waals surface area contributed by atoms with Gasteiger partial charge in [0.15, 0.2) is 0 Å². The first-order valence-corrected chi connectivity index (χ1v) is 4.83. The number of rotatable bonds is 7. The van der Waals surface area contributed by atoms with Crippen molar-refractivity contribution in [3.8, 4) is 0 Å². The van der Waals surface area contributed by atoms with Gasteiger partial charge in [-0.3, -0.25) is 0 Å². The minimum atomic E-state index is -0.742. The Morgan fingerprint density at radius 3 is 2.54 bits per heavy atom. The van der Waals surface area contributed by atoms with E-state index in [1.54, 1.807) is 7.11 Å². The maximum absolute atomic E-state index is 9.96. The highest BCUT2D eigenvalue weighted by Crippen LogP contribution is 2.20. The van der Waals surface area contributed by atoms with Gasteiger partial charge in [0.25, 0.3) is 0 Å². The summed E-state index contributed by atoms with van der Waals surface area (Å²) in [6, 6.07) is 0. The molecule has 0 aromatic heterocycles. The van der Waals surface area contributed by atoms with E-state index in [2.05, 4.69) is 0 Å². The topological polar surface area (TPSA) is 38.7 Å². The van der Waals surface area contributed by atoms with Gasteiger partial charge in [0, 0.05) is 20.3 Å². The number of hydrogen-bond acceptors (Lipinski definition) is 3. The lowest BCUT2D eigenvalue weighted by molar-refractivity contribution is -0.0708. The molecule has 2 unspecified atom stereocenters. The van der Waals surface area contributed by atoms with Crippen molar-refractivity contribution in [2.45, 2.75) is 32.8 Å². The molecule has 0 rings (SSSR count). The van der Waals surface area contributed by atoms with E-state index in [9.17, 15) is 5.11 Å². The fourth-order valence-electron chi connectivity index (χ4n) is 1.06. The molecule has 0 bridgehead atoms. The van der Waals surface area contributed by atoms with Crippen LogP contribution in [0.3, 0.4) is 0 Å². The first-order valence-electron chi connectivity index (χ1n) is 4.83. The van der Waals surface area contributed by atoms with Gasteiger partial charge < -0.3 is 14.6 Å². The highest BCUT2D eigenvalue weighted by atomic mass is 16.5. The Hall–Kier alpha value is -0.120. The van der Waals surface area contributed by atoms with Gasteiger partial charge in [-0.15, -0.1) is 0 Å². The van der Waals surface area contributed by atoms with Crippen molar-refractivity contribution in [2.24, 2.45) is 5.92 Å². The SMILES string of the molecule is CCOCC(C)(O)C(C)CCOC. The summed E-state index contributed by atoms with van der Waals surface area (Å²) in [7, 11) is 1.67. The van der Waals surface area contributed by atoms with E-state index in [0.717, 1.165) is 6.42 Å². The third-order valence-corrected chi connectivity index (χ3v) is 2.42. The average molecular weight is 190 g/mol. The number of methoxy groups -OCH3 is 1. The molecular weight excluding hydrogens is 168 g/mol. The fourth-order valence-corrected chi connectivity index (χ4v) is 1.06. The molecular formula is C10H22O3. The zero-order valence-electron chi connectivity index (χ0n) is 9.17. The van der Waals surface area contributed by atoms with E-state index < -0.39 is 5.60 Å². The van der Waals surface area contributed by atoms with E-state index in [-0.39, 0.29) is 5.92 Å². The Kier molecular flexibility index (Phi) is 6.29. The van der Waals surface area contributed by atoms with E-state index in [4.69, 9.17) is 9.47 Å². The molecule has 0 aliphatic carbocycles. The quantitative estimate of drug-likeness (QED) is 0.660. The van der Waals surface area contributed by atoms with Crippen LogP contribution in [0.15, 0.2) is 0 Å². The summed E-state index contributed by atoms with van der Waals surface area (Å²) >= 11 is 0. The molecule has 0 aromatic carbocycles. The molecule has 0 aromatic rings. The molecule has 80 valence electrons. The smallest absolute Gasteiger partial charge is 0.0878 e. The maximum atomic E-state index is 9.96.